The lowest BCUT2D eigenvalue weighted by molar-refractivity contribution is 0.244. The van der Waals surface area contributed by atoms with Crippen molar-refractivity contribution >= 4 is 16.7 Å². The van der Waals surface area contributed by atoms with Gasteiger partial charge < -0.3 is 24.5 Å². The average molecular weight is 395 g/mol. The summed E-state index contributed by atoms with van der Waals surface area (Å²) in [7, 11) is 0. The van der Waals surface area contributed by atoms with Crippen LogP contribution in [0.3, 0.4) is 0 Å². The van der Waals surface area contributed by atoms with Crippen molar-refractivity contribution in [1.82, 2.24) is 14.9 Å². The van der Waals surface area contributed by atoms with Crippen LogP contribution in [0.15, 0.2) is 41.2 Å². The number of aromatic amines is 2. The van der Waals surface area contributed by atoms with Gasteiger partial charge in [-0.25, -0.2) is 4.79 Å². The molecule has 6 heteroatoms. The predicted octanol–water partition coefficient (Wildman–Crippen LogP) is 3.45. The summed E-state index contributed by atoms with van der Waals surface area (Å²) in [6, 6.07) is 12.3. The van der Waals surface area contributed by atoms with Crippen LogP contribution < -0.4 is 15.3 Å². The van der Waals surface area contributed by atoms with Crippen molar-refractivity contribution in [2.75, 3.05) is 44.2 Å². The van der Waals surface area contributed by atoms with Crippen molar-refractivity contribution in [2.45, 2.75) is 26.7 Å². The molecule has 0 aliphatic carbocycles. The molecule has 0 saturated carbocycles. The fourth-order valence-electron chi connectivity index (χ4n) is 4.09. The molecule has 0 atom stereocenters. The molecule has 0 radical (unpaired) electrons. The first-order valence-electron chi connectivity index (χ1n) is 10.5. The number of imidazole rings is 1. The van der Waals surface area contributed by atoms with Gasteiger partial charge in [-0.15, -0.1) is 0 Å². The van der Waals surface area contributed by atoms with Gasteiger partial charge in [-0.05, 0) is 62.6 Å². The van der Waals surface area contributed by atoms with Crippen molar-refractivity contribution in [3.8, 4) is 5.75 Å². The third-order valence-electron chi connectivity index (χ3n) is 5.88. The zero-order valence-electron chi connectivity index (χ0n) is 17.3. The van der Waals surface area contributed by atoms with Crippen molar-refractivity contribution in [3.63, 3.8) is 0 Å². The Kier molecular flexibility index (Phi) is 5.90. The lowest BCUT2D eigenvalue weighted by Gasteiger charge is -2.26. The van der Waals surface area contributed by atoms with Crippen molar-refractivity contribution in [2.24, 2.45) is 0 Å². The van der Waals surface area contributed by atoms with E-state index in [1.807, 2.05) is 18.2 Å². The van der Waals surface area contributed by atoms with E-state index < -0.39 is 0 Å². The van der Waals surface area contributed by atoms with Crippen molar-refractivity contribution in [1.29, 1.82) is 0 Å². The minimum absolute atomic E-state index is 0.187. The molecule has 154 valence electrons. The van der Waals surface area contributed by atoms with Crippen LogP contribution in [0, 0.1) is 13.8 Å². The van der Waals surface area contributed by atoms with Gasteiger partial charge in [0.05, 0.1) is 17.6 Å². The van der Waals surface area contributed by atoms with E-state index in [0.717, 1.165) is 55.9 Å². The fraction of sp³-hybridized carbons (Fsp3) is 0.435. The molecule has 0 amide bonds. The molecule has 0 bridgehead atoms. The lowest BCUT2D eigenvalue weighted by atomic mass is 10.1. The maximum absolute atomic E-state index is 11.4. The predicted molar refractivity (Wildman–Crippen MR) is 118 cm³/mol. The number of nitrogens with zero attached hydrogens (tertiary/aromatic N) is 2. The number of fused-ring (bicyclic) bond motifs is 1. The van der Waals surface area contributed by atoms with E-state index in [1.165, 1.54) is 23.2 Å². The number of H-pyrrole nitrogens is 2. The SMILES string of the molecule is Cc1cccc(N2CCCN(CCCOc3ccc4[nH]c(=O)[nH]c4c3)CC2)c1C. The normalized spacial score (nSPS) is 15.6. The molecule has 2 aromatic carbocycles. The van der Waals surface area contributed by atoms with Crippen LogP contribution in [0.25, 0.3) is 11.0 Å². The molecule has 1 aromatic heterocycles. The second-order valence-corrected chi connectivity index (χ2v) is 7.89. The summed E-state index contributed by atoms with van der Waals surface area (Å²) in [5.74, 6) is 0.796. The summed E-state index contributed by atoms with van der Waals surface area (Å²) in [6.07, 6.45) is 2.18. The van der Waals surface area contributed by atoms with E-state index >= 15 is 0 Å². The molecule has 3 aromatic rings. The van der Waals surface area contributed by atoms with E-state index in [-0.39, 0.29) is 5.69 Å². The second-order valence-electron chi connectivity index (χ2n) is 7.89. The summed E-state index contributed by atoms with van der Waals surface area (Å²) in [5.41, 5.74) is 5.55. The highest BCUT2D eigenvalue weighted by Gasteiger charge is 2.16. The Balaban J connectivity index is 1.25. The first kappa shape index (κ1) is 19.6. The van der Waals surface area contributed by atoms with Crippen LogP contribution in [-0.4, -0.2) is 54.2 Å². The van der Waals surface area contributed by atoms with E-state index in [1.54, 1.807) is 0 Å². The number of hydrogen-bond acceptors (Lipinski definition) is 4. The van der Waals surface area contributed by atoms with E-state index in [4.69, 9.17) is 4.74 Å². The third-order valence-corrected chi connectivity index (χ3v) is 5.88. The number of rotatable bonds is 6. The Morgan fingerprint density at radius 3 is 2.76 bits per heavy atom. The van der Waals surface area contributed by atoms with Crippen LogP contribution in [0.5, 0.6) is 5.75 Å². The molecule has 1 aliphatic rings. The molecule has 4 rings (SSSR count). The molecule has 1 saturated heterocycles. The van der Waals surface area contributed by atoms with Gasteiger partial charge in [0, 0.05) is 37.9 Å². The van der Waals surface area contributed by atoms with Gasteiger partial charge in [-0.2, -0.15) is 0 Å². The zero-order chi connectivity index (χ0) is 20.2. The molecule has 6 nitrogen and oxygen atoms in total. The number of ether oxygens (including phenoxy) is 1. The summed E-state index contributed by atoms with van der Waals surface area (Å²) < 4.78 is 5.89. The Hall–Kier alpha value is -2.73. The average Bonchev–Trinajstić information content (AvgIpc) is 2.92. The Morgan fingerprint density at radius 1 is 1.00 bits per heavy atom. The summed E-state index contributed by atoms with van der Waals surface area (Å²) in [4.78, 5) is 21.9. The van der Waals surface area contributed by atoms with Gasteiger partial charge >= 0.3 is 5.69 Å². The molecule has 1 fully saturated rings. The Bertz CT molecular complexity index is 1020. The largest absolute Gasteiger partial charge is 0.493 e. The topological polar surface area (TPSA) is 64.4 Å². The van der Waals surface area contributed by atoms with Gasteiger partial charge in [-0.1, -0.05) is 12.1 Å². The Labute approximate surface area is 171 Å². The number of aromatic nitrogens is 2. The minimum Gasteiger partial charge on any atom is -0.493 e. The first-order valence-corrected chi connectivity index (χ1v) is 10.5. The molecule has 1 aliphatic heterocycles. The molecule has 0 unspecified atom stereocenters. The standard InChI is InChI=1S/C23H30N4O2/c1-17-6-3-7-22(18(17)2)27-12-4-10-26(13-14-27)11-5-15-29-19-8-9-20-21(16-19)25-23(28)24-20/h3,6-9,16H,4-5,10-15H2,1-2H3,(H2,24,25,28). The molecule has 2 N–H and O–H groups in total. The highest BCUT2D eigenvalue weighted by atomic mass is 16.5. The summed E-state index contributed by atoms with van der Waals surface area (Å²) in [6.45, 7) is 10.6. The van der Waals surface area contributed by atoms with Gasteiger partial charge in [0.2, 0.25) is 0 Å². The van der Waals surface area contributed by atoms with Crippen LogP contribution in [0.1, 0.15) is 24.0 Å². The number of hydrogen-bond donors (Lipinski definition) is 2. The first-order chi connectivity index (χ1) is 14.1. The van der Waals surface area contributed by atoms with Gasteiger partial charge in [0.25, 0.3) is 0 Å². The van der Waals surface area contributed by atoms with E-state index in [2.05, 4.69) is 51.8 Å². The highest BCUT2D eigenvalue weighted by Crippen LogP contribution is 2.24. The molecular formula is C23H30N4O2. The lowest BCUT2D eigenvalue weighted by Crippen LogP contribution is -2.32. The smallest absolute Gasteiger partial charge is 0.323 e. The van der Waals surface area contributed by atoms with Crippen LogP contribution in [0.4, 0.5) is 5.69 Å². The highest BCUT2D eigenvalue weighted by molar-refractivity contribution is 5.75. The van der Waals surface area contributed by atoms with E-state index in [0.29, 0.717) is 6.61 Å². The quantitative estimate of drug-likeness (QED) is 0.629. The minimum atomic E-state index is -0.187. The summed E-state index contributed by atoms with van der Waals surface area (Å²) in [5, 5.41) is 0. The van der Waals surface area contributed by atoms with Gasteiger partial charge in [0.15, 0.2) is 0 Å². The van der Waals surface area contributed by atoms with Crippen LogP contribution in [0.2, 0.25) is 0 Å². The maximum atomic E-state index is 11.4. The Morgan fingerprint density at radius 2 is 1.86 bits per heavy atom. The molecular weight excluding hydrogens is 364 g/mol. The van der Waals surface area contributed by atoms with E-state index in [9.17, 15) is 4.79 Å². The monoisotopic (exact) mass is 394 g/mol. The number of benzene rings is 2. The van der Waals surface area contributed by atoms with Crippen LogP contribution >= 0.6 is 0 Å². The summed E-state index contributed by atoms with van der Waals surface area (Å²) >= 11 is 0. The number of nitrogens with one attached hydrogen (secondary N) is 2. The number of anilines is 1. The van der Waals surface area contributed by atoms with Gasteiger partial charge in [0.1, 0.15) is 5.75 Å². The van der Waals surface area contributed by atoms with Crippen molar-refractivity contribution < 1.29 is 4.74 Å². The zero-order valence-corrected chi connectivity index (χ0v) is 17.3. The third kappa shape index (κ3) is 4.65. The van der Waals surface area contributed by atoms with Gasteiger partial charge in [-0.3, -0.25) is 0 Å². The fourth-order valence-corrected chi connectivity index (χ4v) is 4.09. The molecule has 2 heterocycles. The van der Waals surface area contributed by atoms with Crippen molar-refractivity contribution in [3.05, 3.63) is 58.0 Å². The van der Waals surface area contributed by atoms with Crippen LogP contribution in [-0.2, 0) is 0 Å². The number of aryl methyl sites for hydroxylation is 1. The molecule has 29 heavy (non-hydrogen) atoms. The molecule has 0 spiro atoms. The maximum Gasteiger partial charge on any atom is 0.323 e. The second kappa shape index (κ2) is 8.74.